The van der Waals surface area contributed by atoms with Crippen LogP contribution in [0, 0.1) is 0 Å². The largest absolute Gasteiger partial charge is 0.475 e. The topological polar surface area (TPSA) is 91.7 Å². The van der Waals surface area contributed by atoms with E-state index in [1.54, 1.807) is 10.9 Å². The summed E-state index contributed by atoms with van der Waals surface area (Å²) in [6.07, 6.45) is 3.55. The number of benzene rings is 1. The number of aryl methyl sites for hydroxylation is 1. The van der Waals surface area contributed by atoms with Crippen LogP contribution in [-0.2, 0) is 7.05 Å². The molecule has 0 bridgehead atoms. The second-order valence-corrected chi connectivity index (χ2v) is 6.36. The van der Waals surface area contributed by atoms with E-state index >= 15 is 0 Å². The first-order valence-electron chi connectivity index (χ1n) is 8.41. The number of pyridine rings is 1. The van der Waals surface area contributed by atoms with E-state index in [-0.39, 0.29) is 11.7 Å². The van der Waals surface area contributed by atoms with Gasteiger partial charge in [0, 0.05) is 30.4 Å². The van der Waals surface area contributed by atoms with Crippen molar-refractivity contribution >= 4 is 28.3 Å². The summed E-state index contributed by atoms with van der Waals surface area (Å²) in [6.45, 7) is 2.30. The van der Waals surface area contributed by atoms with E-state index in [2.05, 4.69) is 20.1 Å². The first-order chi connectivity index (χ1) is 13.1. The Hall–Kier alpha value is -3.19. The van der Waals surface area contributed by atoms with Gasteiger partial charge in [-0.2, -0.15) is 5.10 Å². The smallest absolute Gasteiger partial charge is 0.257 e. The fourth-order valence-corrected chi connectivity index (χ4v) is 3.16. The van der Waals surface area contributed by atoms with Crippen molar-refractivity contribution in [3.05, 3.63) is 47.7 Å². The second-order valence-electron chi connectivity index (χ2n) is 5.95. The number of aromatic nitrogens is 5. The molecule has 0 spiro atoms. The molecule has 0 atom stereocenters. The SMILES string of the molecule is CCOc1nc(-c2cc(Cl)c3ncccc3c2)c(-c2ccn(C)n2)nc1N. The zero-order valence-corrected chi connectivity index (χ0v) is 15.6. The Morgan fingerprint density at radius 2 is 2.04 bits per heavy atom. The van der Waals surface area contributed by atoms with Crippen LogP contribution in [0.1, 0.15) is 6.92 Å². The zero-order valence-electron chi connectivity index (χ0n) is 14.8. The van der Waals surface area contributed by atoms with Gasteiger partial charge >= 0.3 is 0 Å². The highest BCUT2D eigenvalue weighted by atomic mass is 35.5. The molecule has 0 unspecified atom stereocenters. The lowest BCUT2D eigenvalue weighted by atomic mass is 10.0. The number of ether oxygens (including phenoxy) is 1. The predicted molar refractivity (Wildman–Crippen MR) is 106 cm³/mol. The van der Waals surface area contributed by atoms with Crippen molar-refractivity contribution in [2.45, 2.75) is 6.92 Å². The molecule has 0 aliphatic rings. The first-order valence-corrected chi connectivity index (χ1v) is 8.79. The molecule has 27 heavy (non-hydrogen) atoms. The van der Waals surface area contributed by atoms with Crippen LogP contribution in [0.3, 0.4) is 0 Å². The minimum atomic E-state index is 0.217. The summed E-state index contributed by atoms with van der Waals surface area (Å²) >= 11 is 6.46. The summed E-state index contributed by atoms with van der Waals surface area (Å²) in [5.74, 6) is 0.504. The molecule has 8 heteroatoms. The van der Waals surface area contributed by atoms with E-state index < -0.39 is 0 Å². The maximum Gasteiger partial charge on any atom is 0.257 e. The summed E-state index contributed by atoms with van der Waals surface area (Å²) in [6, 6.07) is 9.46. The number of nitrogens with zero attached hydrogens (tertiary/aromatic N) is 5. The fourth-order valence-electron chi connectivity index (χ4n) is 2.88. The van der Waals surface area contributed by atoms with E-state index in [4.69, 9.17) is 22.1 Å². The molecule has 0 fully saturated rings. The number of fused-ring (bicyclic) bond motifs is 1. The van der Waals surface area contributed by atoms with E-state index in [9.17, 15) is 0 Å². The van der Waals surface area contributed by atoms with Gasteiger partial charge in [0.15, 0.2) is 5.82 Å². The molecule has 0 amide bonds. The Morgan fingerprint density at radius 3 is 2.78 bits per heavy atom. The highest BCUT2D eigenvalue weighted by molar-refractivity contribution is 6.35. The lowest BCUT2D eigenvalue weighted by molar-refractivity contribution is 0.328. The lowest BCUT2D eigenvalue weighted by Gasteiger charge is -2.12. The molecule has 7 nitrogen and oxygen atoms in total. The van der Waals surface area contributed by atoms with Crippen LogP contribution in [0.4, 0.5) is 5.82 Å². The molecule has 0 saturated heterocycles. The highest BCUT2D eigenvalue weighted by Gasteiger charge is 2.19. The maximum absolute atomic E-state index is 6.46. The minimum Gasteiger partial charge on any atom is -0.475 e. The van der Waals surface area contributed by atoms with Crippen molar-refractivity contribution in [1.82, 2.24) is 24.7 Å². The van der Waals surface area contributed by atoms with Crippen molar-refractivity contribution < 1.29 is 4.74 Å². The van der Waals surface area contributed by atoms with Gasteiger partial charge in [-0.05, 0) is 31.2 Å². The van der Waals surface area contributed by atoms with Crippen LogP contribution in [0.5, 0.6) is 5.88 Å². The number of nitrogens with two attached hydrogens (primary N) is 1. The molecule has 0 saturated carbocycles. The second kappa shape index (κ2) is 6.85. The third-order valence-electron chi connectivity index (χ3n) is 4.06. The molecular weight excluding hydrogens is 364 g/mol. The molecule has 4 rings (SSSR count). The normalized spacial score (nSPS) is 11.1. The summed E-state index contributed by atoms with van der Waals surface area (Å²) in [7, 11) is 1.84. The summed E-state index contributed by atoms with van der Waals surface area (Å²) in [5.41, 5.74) is 9.39. The lowest BCUT2D eigenvalue weighted by Crippen LogP contribution is -2.05. The summed E-state index contributed by atoms with van der Waals surface area (Å²) < 4.78 is 7.24. The summed E-state index contributed by atoms with van der Waals surface area (Å²) in [4.78, 5) is 13.5. The molecule has 3 aromatic heterocycles. The Kier molecular flexibility index (Phi) is 4.37. The molecule has 4 aromatic rings. The number of hydrogen-bond donors (Lipinski definition) is 1. The van der Waals surface area contributed by atoms with Gasteiger partial charge in [0.05, 0.1) is 17.1 Å². The zero-order chi connectivity index (χ0) is 19.0. The number of rotatable bonds is 4. The third-order valence-corrected chi connectivity index (χ3v) is 4.35. The maximum atomic E-state index is 6.46. The minimum absolute atomic E-state index is 0.217. The molecule has 1 aromatic carbocycles. The van der Waals surface area contributed by atoms with Crippen LogP contribution >= 0.6 is 11.6 Å². The molecule has 136 valence electrons. The quantitative estimate of drug-likeness (QED) is 0.580. The fraction of sp³-hybridized carbons (Fsp3) is 0.158. The molecule has 0 radical (unpaired) electrons. The first kappa shape index (κ1) is 17.2. The molecule has 0 aliphatic carbocycles. The molecule has 3 heterocycles. The number of anilines is 1. The predicted octanol–water partition coefficient (Wildman–Crippen LogP) is 3.73. The van der Waals surface area contributed by atoms with Gasteiger partial charge in [-0.3, -0.25) is 9.67 Å². The van der Waals surface area contributed by atoms with Gasteiger partial charge in [-0.1, -0.05) is 17.7 Å². The Labute approximate surface area is 160 Å². The van der Waals surface area contributed by atoms with Gasteiger partial charge in [-0.25, -0.2) is 9.97 Å². The van der Waals surface area contributed by atoms with Gasteiger partial charge in [0.1, 0.15) is 17.1 Å². The van der Waals surface area contributed by atoms with Crippen molar-refractivity contribution in [2.75, 3.05) is 12.3 Å². The van der Waals surface area contributed by atoms with Gasteiger partial charge in [-0.15, -0.1) is 0 Å². The van der Waals surface area contributed by atoms with Crippen molar-refractivity contribution in [2.24, 2.45) is 7.05 Å². The average Bonchev–Trinajstić information content (AvgIpc) is 3.09. The van der Waals surface area contributed by atoms with Crippen LogP contribution < -0.4 is 10.5 Å². The Morgan fingerprint density at radius 1 is 1.19 bits per heavy atom. The van der Waals surface area contributed by atoms with Crippen LogP contribution in [0.2, 0.25) is 5.02 Å². The van der Waals surface area contributed by atoms with Gasteiger partial charge in [0.25, 0.3) is 5.88 Å². The molecule has 2 N–H and O–H groups in total. The van der Waals surface area contributed by atoms with E-state index in [0.29, 0.717) is 28.7 Å². The number of hydrogen-bond acceptors (Lipinski definition) is 6. The standard InChI is InChI=1S/C19H17ClN6O/c1-3-27-19-18(21)23-17(14-6-8-26(2)25-14)16(24-19)12-9-11-5-4-7-22-15(11)13(20)10-12/h4-10H,3H2,1-2H3,(H2,21,23). The number of halogens is 1. The van der Waals surface area contributed by atoms with Crippen molar-refractivity contribution in [3.8, 4) is 28.5 Å². The van der Waals surface area contributed by atoms with Crippen molar-refractivity contribution in [1.29, 1.82) is 0 Å². The Bertz CT molecular complexity index is 1140. The number of nitrogen functional groups attached to an aromatic ring is 1. The third kappa shape index (κ3) is 3.17. The van der Waals surface area contributed by atoms with Crippen LogP contribution in [0.15, 0.2) is 42.7 Å². The van der Waals surface area contributed by atoms with Crippen molar-refractivity contribution in [3.63, 3.8) is 0 Å². The van der Waals surface area contributed by atoms with Crippen LogP contribution in [-0.4, -0.2) is 31.3 Å². The monoisotopic (exact) mass is 380 g/mol. The van der Waals surface area contributed by atoms with Gasteiger partial charge in [0.2, 0.25) is 0 Å². The van der Waals surface area contributed by atoms with Gasteiger partial charge < -0.3 is 10.5 Å². The molecular formula is C19H17ClN6O. The van der Waals surface area contributed by atoms with E-state index in [0.717, 1.165) is 16.5 Å². The van der Waals surface area contributed by atoms with E-state index in [1.165, 1.54) is 0 Å². The highest BCUT2D eigenvalue weighted by Crippen LogP contribution is 2.35. The average molecular weight is 381 g/mol. The summed E-state index contributed by atoms with van der Waals surface area (Å²) in [5, 5.41) is 5.88. The molecule has 0 aliphatic heterocycles. The van der Waals surface area contributed by atoms with Crippen LogP contribution in [0.25, 0.3) is 33.5 Å². The van der Waals surface area contributed by atoms with E-state index in [1.807, 2.05) is 50.5 Å². The Balaban J connectivity index is 1.99.